The van der Waals surface area contributed by atoms with Crippen molar-refractivity contribution < 1.29 is 23.1 Å². The van der Waals surface area contributed by atoms with Gasteiger partial charge < -0.3 is 10.1 Å². The third-order valence-electron chi connectivity index (χ3n) is 2.25. The third-order valence-corrected chi connectivity index (χ3v) is 2.25. The summed E-state index contributed by atoms with van der Waals surface area (Å²) in [7, 11) is 0. The molecule has 0 bridgehead atoms. The third kappa shape index (κ3) is 4.95. The molecule has 0 aliphatic rings. The molecule has 0 aliphatic carbocycles. The largest absolute Gasteiger partial charge is 0.449 e. The first kappa shape index (κ1) is 16.1. The standard InChI is InChI=1S/C14H17F2NO3/c1-8(12(18)17-14(2,3)4)20-13(19)9-5-10(15)7-11(16)6-9/h5-8H,1-4H3,(H,17,18)/t8-/m0/s1. The van der Waals surface area contributed by atoms with Crippen LogP contribution in [0, 0.1) is 11.6 Å². The maximum absolute atomic E-state index is 13.0. The van der Waals surface area contributed by atoms with Crippen LogP contribution in [0.1, 0.15) is 38.1 Å². The number of rotatable bonds is 3. The molecule has 6 heteroatoms. The van der Waals surface area contributed by atoms with Crippen molar-refractivity contribution in [1.82, 2.24) is 5.32 Å². The van der Waals surface area contributed by atoms with Crippen LogP contribution in [0.15, 0.2) is 18.2 Å². The van der Waals surface area contributed by atoms with Crippen LogP contribution in [-0.2, 0) is 9.53 Å². The summed E-state index contributed by atoms with van der Waals surface area (Å²) in [6, 6.07) is 2.34. The van der Waals surface area contributed by atoms with Crippen molar-refractivity contribution in [2.45, 2.75) is 39.3 Å². The highest BCUT2D eigenvalue weighted by atomic mass is 19.1. The normalized spacial score (nSPS) is 12.7. The number of nitrogens with one attached hydrogen (secondary N) is 1. The van der Waals surface area contributed by atoms with Crippen LogP contribution in [0.4, 0.5) is 8.78 Å². The molecule has 0 saturated carbocycles. The van der Waals surface area contributed by atoms with Gasteiger partial charge in [0.2, 0.25) is 0 Å². The average Bonchev–Trinajstić information content (AvgIpc) is 2.25. The molecule has 1 aromatic carbocycles. The Kier molecular flexibility index (Phi) is 4.81. The Bertz CT molecular complexity index is 503. The van der Waals surface area contributed by atoms with Crippen LogP contribution in [0.3, 0.4) is 0 Å². The van der Waals surface area contributed by atoms with E-state index >= 15 is 0 Å². The van der Waals surface area contributed by atoms with Gasteiger partial charge in [-0.1, -0.05) is 0 Å². The van der Waals surface area contributed by atoms with E-state index in [0.29, 0.717) is 6.07 Å². The minimum Gasteiger partial charge on any atom is -0.449 e. The van der Waals surface area contributed by atoms with Gasteiger partial charge in [-0.2, -0.15) is 0 Å². The Labute approximate surface area is 116 Å². The van der Waals surface area contributed by atoms with Gasteiger partial charge in [-0.15, -0.1) is 0 Å². The minimum atomic E-state index is -1.06. The van der Waals surface area contributed by atoms with Gasteiger partial charge in [-0.3, -0.25) is 4.79 Å². The monoisotopic (exact) mass is 285 g/mol. The van der Waals surface area contributed by atoms with Crippen LogP contribution in [0.5, 0.6) is 0 Å². The van der Waals surface area contributed by atoms with Gasteiger partial charge in [0.15, 0.2) is 6.10 Å². The lowest BCUT2D eigenvalue weighted by Crippen LogP contribution is -2.46. The quantitative estimate of drug-likeness (QED) is 0.868. The molecule has 0 unspecified atom stereocenters. The molecule has 1 aromatic rings. The summed E-state index contributed by atoms with van der Waals surface area (Å²) in [4.78, 5) is 23.4. The predicted octanol–water partition coefficient (Wildman–Crippen LogP) is 2.42. The number of amides is 1. The molecule has 0 heterocycles. The van der Waals surface area contributed by atoms with Crippen LogP contribution < -0.4 is 5.32 Å². The molecule has 1 rings (SSSR count). The molecule has 1 N–H and O–H groups in total. The van der Waals surface area contributed by atoms with Crippen LogP contribution >= 0.6 is 0 Å². The summed E-state index contributed by atoms with van der Waals surface area (Å²) in [6.07, 6.45) is -1.06. The van der Waals surface area contributed by atoms with Gasteiger partial charge in [-0.25, -0.2) is 13.6 Å². The SMILES string of the molecule is C[C@H](OC(=O)c1cc(F)cc(F)c1)C(=O)NC(C)(C)C. The summed E-state index contributed by atoms with van der Waals surface area (Å²) < 4.78 is 30.8. The Morgan fingerprint density at radius 3 is 2.10 bits per heavy atom. The molecule has 110 valence electrons. The summed E-state index contributed by atoms with van der Waals surface area (Å²) in [5, 5.41) is 2.63. The summed E-state index contributed by atoms with van der Waals surface area (Å²) in [6.45, 7) is 6.72. The molecule has 0 radical (unpaired) electrons. The van der Waals surface area contributed by atoms with E-state index in [1.54, 1.807) is 20.8 Å². The highest BCUT2D eigenvalue weighted by Crippen LogP contribution is 2.11. The number of halogens is 2. The van der Waals surface area contributed by atoms with Crippen molar-refractivity contribution in [3.8, 4) is 0 Å². The van der Waals surface area contributed by atoms with E-state index in [1.807, 2.05) is 0 Å². The molecule has 0 aliphatic heterocycles. The maximum Gasteiger partial charge on any atom is 0.339 e. The number of ether oxygens (including phenoxy) is 1. The highest BCUT2D eigenvalue weighted by molar-refractivity contribution is 5.92. The molecule has 0 spiro atoms. The van der Waals surface area contributed by atoms with Crippen LogP contribution in [0.25, 0.3) is 0 Å². The smallest absolute Gasteiger partial charge is 0.339 e. The zero-order valence-electron chi connectivity index (χ0n) is 11.8. The molecule has 1 atom stereocenters. The van der Waals surface area contributed by atoms with Crippen molar-refractivity contribution >= 4 is 11.9 Å². The fourth-order valence-corrected chi connectivity index (χ4v) is 1.43. The van der Waals surface area contributed by atoms with Gasteiger partial charge in [0.05, 0.1) is 5.56 Å². The predicted molar refractivity (Wildman–Crippen MR) is 69.1 cm³/mol. The zero-order valence-corrected chi connectivity index (χ0v) is 11.8. The van der Waals surface area contributed by atoms with Crippen molar-refractivity contribution in [1.29, 1.82) is 0 Å². The van der Waals surface area contributed by atoms with Crippen molar-refractivity contribution in [3.05, 3.63) is 35.4 Å². The second-order valence-corrected chi connectivity index (χ2v) is 5.44. The van der Waals surface area contributed by atoms with Gasteiger partial charge in [0.1, 0.15) is 11.6 Å². The summed E-state index contributed by atoms with van der Waals surface area (Å²) >= 11 is 0. The Balaban J connectivity index is 2.72. The van der Waals surface area contributed by atoms with Crippen molar-refractivity contribution in [2.75, 3.05) is 0 Å². The number of carbonyl (C=O) groups excluding carboxylic acids is 2. The molecule has 4 nitrogen and oxygen atoms in total. The minimum absolute atomic E-state index is 0.280. The maximum atomic E-state index is 13.0. The second kappa shape index (κ2) is 5.98. The first-order valence-electron chi connectivity index (χ1n) is 6.07. The average molecular weight is 285 g/mol. The first-order chi connectivity index (χ1) is 9.08. The molecule has 0 fully saturated rings. The highest BCUT2D eigenvalue weighted by Gasteiger charge is 2.23. The lowest BCUT2D eigenvalue weighted by molar-refractivity contribution is -0.130. The van der Waals surface area contributed by atoms with Crippen LogP contribution in [0.2, 0.25) is 0 Å². The van der Waals surface area contributed by atoms with E-state index in [4.69, 9.17) is 4.74 Å². The van der Waals surface area contributed by atoms with Gasteiger partial charge in [0.25, 0.3) is 5.91 Å². The van der Waals surface area contributed by atoms with E-state index in [-0.39, 0.29) is 5.56 Å². The summed E-state index contributed by atoms with van der Waals surface area (Å²) in [5.41, 5.74) is -0.749. The Morgan fingerprint density at radius 1 is 1.15 bits per heavy atom. The number of benzene rings is 1. The Hall–Kier alpha value is -1.98. The molecule has 1 amide bonds. The number of esters is 1. The topological polar surface area (TPSA) is 55.4 Å². The van der Waals surface area contributed by atoms with E-state index < -0.39 is 35.2 Å². The van der Waals surface area contributed by atoms with E-state index in [2.05, 4.69) is 5.32 Å². The van der Waals surface area contributed by atoms with E-state index in [1.165, 1.54) is 6.92 Å². The van der Waals surface area contributed by atoms with Crippen LogP contribution in [-0.4, -0.2) is 23.5 Å². The molecular formula is C14H17F2NO3. The first-order valence-corrected chi connectivity index (χ1v) is 6.07. The molecule has 0 aromatic heterocycles. The molecule has 20 heavy (non-hydrogen) atoms. The fraction of sp³-hybridized carbons (Fsp3) is 0.429. The molecule has 0 saturated heterocycles. The fourth-order valence-electron chi connectivity index (χ4n) is 1.43. The van der Waals surface area contributed by atoms with Crippen molar-refractivity contribution in [2.24, 2.45) is 0 Å². The summed E-state index contributed by atoms with van der Waals surface area (Å²) in [5.74, 6) is -3.21. The van der Waals surface area contributed by atoms with E-state index in [9.17, 15) is 18.4 Å². The van der Waals surface area contributed by atoms with Crippen molar-refractivity contribution in [3.63, 3.8) is 0 Å². The lowest BCUT2D eigenvalue weighted by atomic mass is 10.1. The second-order valence-electron chi connectivity index (χ2n) is 5.44. The van der Waals surface area contributed by atoms with E-state index in [0.717, 1.165) is 12.1 Å². The zero-order chi connectivity index (χ0) is 15.5. The number of hydrogen-bond donors (Lipinski definition) is 1. The van der Waals surface area contributed by atoms with Gasteiger partial charge >= 0.3 is 5.97 Å². The van der Waals surface area contributed by atoms with Gasteiger partial charge in [-0.05, 0) is 39.8 Å². The Morgan fingerprint density at radius 2 is 1.65 bits per heavy atom. The number of carbonyl (C=O) groups is 2. The van der Waals surface area contributed by atoms with Gasteiger partial charge in [0, 0.05) is 11.6 Å². The lowest BCUT2D eigenvalue weighted by Gasteiger charge is -2.23. The number of hydrogen-bond acceptors (Lipinski definition) is 3. The molecular weight excluding hydrogens is 268 g/mol.